The average Bonchev–Trinajstić information content (AvgIpc) is 2.89. The highest BCUT2D eigenvalue weighted by atomic mass is 19.4. The number of hydrogen-bond acceptors (Lipinski definition) is 3. The maximum atomic E-state index is 12.7. The summed E-state index contributed by atoms with van der Waals surface area (Å²) in [5.74, 6) is 0.277. The van der Waals surface area contributed by atoms with Crippen LogP contribution in [0.3, 0.4) is 0 Å². The summed E-state index contributed by atoms with van der Waals surface area (Å²) >= 11 is 0. The second-order valence-electron chi connectivity index (χ2n) is 4.60. The molecule has 2 aromatic carbocycles. The zero-order chi connectivity index (χ0) is 15.0. The first-order valence-electron chi connectivity index (χ1n) is 6.24. The van der Waals surface area contributed by atoms with Gasteiger partial charge in [-0.25, -0.2) is 4.98 Å². The number of hydrogen-bond donors (Lipinski definition) is 1. The third-order valence-electron chi connectivity index (χ3n) is 3.12. The summed E-state index contributed by atoms with van der Waals surface area (Å²) in [5.41, 5.74) is 6.89. The van der Waals surface area contributed by atoms with Crippen molar-refractivity contribution in [2.24, 2.45) is 5.73 Å². The van der Waals surface area contributed by atoms with E-state index in [1.165, 1.54) is 6.07 Å². The first-order chi connectivity index (χ1) is 9.97. The van der Waals surface area contributed by atoms with Gasteiger partial charge in [-0.15, -0.1) is 0 Å². The summed E-state index contributed by atoms with van der Waals surface area (Å²) in [5, 5.41) is 0. The molecule has 0 amide bonds. The Hall–Kier alpha value is -2.34. The van der Waals surface area contributed by atoms with Gasteiger partial charge in [0, 0.05) is 12.1 Å². The predicted octanol–water partition coefficient (Wildman–Crippen LogP) is 3.97. The molecule has 3 nitrogen and oxygen atoms in total. The molecule has 0 unspecified atom stereocenters. The first kappa shape index (κ1) is 13.6. The van der Waals surface area contributed by atoms with Gasteiger partial charge in [0.2, 0.25) is 5.89 Å². The molecule has 0 atom stereocenters. The van der Waals surface area contributed by atoms with E-state index >= 15 is 0 Å². The summed E-state index contributed by atoms with van der Waals surface area (Å²) in [6.45, 7) is 0.367. The number of rotatable bonds is 2. The quantitative estimate of drug-likeness (QED) is 0.777. The van der Waals surface area contributed by atoms with Gasteiger partial charge in [-0.1, -0.05) is 12.1 Å². The Labute approximate surface area is 118 Å². The van der Waals surface area contributed by atoms with E-state index in [0.717, 1.165) is 17.7 Å². The Kier molecular flexibility index (Phi) is 3.17. The van der Waals surface area contributed by atoms with E-state index in [0.29, 0.717) is 17.7 Å². The third kappa shape index (κ3) is 2.62. The highest BCUT2D eigenvalue weighted by Crippen LogP contribution is 2.32. The van der Waals surface area contributed by atoms with Crippen LogP contribution < -0.4 is 5.73 Å². The number of benzene rings is 2. The number of aromatic nitrogens is 1. The smallest absolute Gasteiger partial charge is 0.416 e. The van der Waals surface area contributed by atoms with Crippen molar-refractivity contribution >= 4 is 11.1 Å². The molecular formula is C15H11F3N2O. The van der Waals surface area contributed by atoms with Crippen LogP contribution in [0.25, 0.3) is 22.6 Å². The number of halogens is 3. The lowest BCUT2D eigenvalue weighted by atomic mass is 10.1. The van der Waals surface area contributed by atoms with E-state index in [1.807, 2.05) is 6.07 Å². The van der Waals surface area contributed by atoms with Crippen LogP contribution in [-0.4, -0.2) is 4.98 Å². The van der Waals surface area contributed by atoms with Crippen LogP contribution in [0.2, 0.25) is 0 Å². The molecule has 3 aromatic rings. The Morgan fingerprint density at radius 1 is 1.10 bits per heavy atom. The van der Waals surface area contributed by atoms with Crippen LogP contribution in [0.5, 0.6) is 0 Å². The monoisotopic (exact) mass is 292 g/mol. The van der Waals surface area contributed by atoms with E-state index < -0.39 is 11.7 Å². The molecule has 1 aromatic heterocycles. The second kappa shape index (κ2) is 4.89. The second-order valence-corrected chi connectivity index (χ2v) is 4.60. The van der Waals surface area contributed by atoms with Crippen molar-refractivity contribution in [3.8, 4) is 11.5 Å². The largest absolute Gasteiger partial charge is 0.436 e. The molecule has 0 fully saturated rings. The summed E-state index contributed by atoms with van der Waals surface area (Å²) in [6.07, 6.45) is -4.40. The van der Waals surface area contributed by atoms with Gasteiger partial charge in [-0.05, 0) is 35.9 Å². The van der Waals surface area contributed by atoms with Crippen LogP contribution in [0.4, 0.5) is 13.2 Å². The molecule has 6 heteroatoms. The van der Waals surface area contributed by atoms with Gasteiger partial charge in [0.05, 0.1) is 5.56 Å². The molecule has 0 aliphatic carbocycles. The fraction of sp³-hybridized carbons (Fsp3) is 0.133. The van der Waals surface area contributed by atoms with Gasteiger partial charge in [0.15, 0.2) is 5.58 Å². The lowest BCUT2D eigenvalue weighted by Crippen LogP contribution is -2.03. The molecule has 0 aliphatic rings. The van der Waals surface area contributed by atoms with Gasteiger partial charge in [0.1, 0.15) is 5.52 Å². The standard InChI is InChI=1S/C15H11F3N2O/c16-15(17,18)11-4-5-13-12(7-11)20-14(21-13)10-3-1-2-9(6-10)8-19/h1-7H,8,19H2. The molecule has 21 heavy (non-hydrogen) atoms. The van der Waals surface area contributed by atoms with Crippen molar-refractivity contribution in [2.45, 2.75) is 12.7 Å². The van der Waals surface area contributed by atoms with Crippen LogP contribution in [-0.2, 0) is 12.7 Å². The summed E-state index contributed by atoms with van der Waals surface area (Å²) < 4.78 is 43.5. The van der Waals surface area contributed by atoms with Gasteiger partial charge in [0.25, 0.3) is 0 Å². The molecule has 0 saturated carbocycles. The minimum Gasteiger partial charge on any atom is -0.436 e. The molecule has 0 bridgehead atoms. The Morgan fingerprint density at radius 3 is 2.62 bits per heavy atom. The molecule has 2 N–H and O–H groups in total. The van der Waals surface area contributed by atoms with Crippen molar-refractivity contribution in [3.63, 3.8) is 0 Å². The third-order valence-corrected chi connectivity index (χ3v) is 3.12. The summed E-state index contributed by atoms with van der Waals surface area (Å²) in [4.78, 5) is 4.13. The number of nitrogens with zero attached hydrogens (tertiary/aromatic N) is 1. The molecular weight excluding hydrogens is 281 g/mol. The SMILES string of the molecule is NCc1cccc(-c2nc3cc(C(F)(F)F)ccc3o2)c1. The Morgan fingerprint density at radius 2 is 1.90 bits per heavy atom. The molecule has 108 valence electrons. The van der Waals surface area contributed by atoms with Crippen LogP contribution in [0.1, 0.15) is 11.1 Å². The van der Waals surface area contributed by atoms with Crippen molar-refractivity contribution < 1.29 is 17.6 Å². The van der Waals surface area contributed by atoms with Crippen molar-refractivity contribution in [1.29, 1.82) is 0 Å². The molecule has 0 aliphatic heterocycles. The van der Waals surface area contributed by atoms with E-state index in [1.54, 1.807) is 18.2 Å². The van der Waals surface area contributed by atoms with Crippen LogP contribution in [0, 0.1) is 0 Å². The number of nitrogens with two attached hydrogens (primary N) is 1. The normalized spacial score (nSPS) is 12.0. The zero-order valence-electron chi connectivity index (χ0n) is 10.8. The van der Waals surface area contributed by atoms with E-state index in [-0.39, 0.29) is 11.4 Å². The highest BCUT2D eigenvalue weighted by Gasteiger charge is 2.31. The molecule has 0 spiro atoms. The molecule has 0 saturated heterocycles. The lowest BCUT2D eigenvalue weighted by Gasteiger charge is -2.04. The average molecular weight is 292 g/mol. The van der Waals surface area contributed by atoms with Gasteiger partial charge < -0.3 is 10.2 Å². The minimum atomic E-state index is -4.40. The van der Waals surface area contributed by atoms with Crippen molar-refractivity contribution in [1.82, 2.24) is 4.98 Å². The van der Waals surface area contributed by atoms with Crippen LogP contribution >= 0.6 is 0 Å². The van der Waals surface area contributed by atoms with E-state index in [4.69, 9.17) is 10.2 Å². The topological polar surface area (TPSA) is 52.0 Å². The fourth-order valence-electron chi connectivity index (χ4n) is 2.06. The molecule has 3 rings (SSSR count). The van der Waals surface area contributed by atoms with E-state index in [2.05, 4.69) is 4.98 Å². The highest BCUT2D eigenvalue weighted by molar-refractivity contribution is 5.77. The molecule has 0 radical (unpaired) electrons. The molecule has 1 heterocycles. The minimum absolute atomic E-state index is 0.179. The lowest BCUT2D eigenvalue weighted by molar-refractivity contribution is -0.137. The van der Waals surface area contributed by atoms with Crippen LogP contribution in [0.15, 0.2) is 46.9 Å². The number of fused-ring (bicyclic) bond motifs is 1. The predicted molar refractivity (Wildman–Crippen MR) is 72.3 cm³/mol. The Balaban J connectivity index is 2.08. The summed E-state index contributed by atoms with van der Waals surface area (Å²) in [7, 11) is 0. The maximum Gasteiger partial charge on any atom is 0.416 e. The van der Waals surface area contributed by atoms with Gasteiger partial charge in [-0.2, -0.15) is 13.2 Å². The number of alkyl halides is 3. The zero-order valence-corrected chi connectivity index (χ0v) is 10.8. The Bertz CT molecular complexity index is 793. The fourth-order valence-corrected chi connectivity index (χ4v) is 2.06. The van der Waals surface area contributed by atoms with Crippen molar-refractivity contribution in [2.75, 3.05) is 0 Å². The van der Waals surface area contributed by atoms with Crippen molar-refractivity contribution in [3.05, 3.63) is 53.6 Å². The maximum absolute atomic E-state index is 12.7. The van der Waals surface area contributed by atoms with Gasteiger partial charge >= 0.3 is 6.18 Å². The first-order valence-corrected chi connectivity index (χ1v) is 6.24. The number of oxazole rings is 1. The van der Waals surface area contributed by atoms with Gasteiger partial charge in [-0.3, -0.25) is 0 Å². The summed E-state index contributed by atoms with van der Waals surface area (Å²) in [6, 6.07) is 10.5. The van der Waals surface area contributed by atoms with E-state index in [9.17, 15) is 13.2 Å².